The second kappa shape index (κ2) is 4.61. The Morgan fingerprint density at radius 1 is 1.53 bits per heavy atom. The van der Waals surface area contributed by atoms with E-state index >= 15 is 0 Å². The lowest BCUT2D eigenvalue weighted by molar-refractivity contribution is 0.390. The lowest BCUT2D eigenvalue weighted by atomic mass is 9.91. The van der Waals surface area contributed by atoms with E-state index in [0.717, 1.165) is 35.4 Å². The summed E-state index contributed by atoms with van der Waals surface area (Å²) in [6, 6.07) is 0.330. The molecule has 1 aliphatic heterocycles. The molecular formula is C12H21BrN4. The normalized spacial score (nSPS) is 19.9. The standard InChI is InChI=1S/C12H21BrN4/c1-12(2,3)6-9-10(13)11-15-5-4-8(7-14)17(11)16-9/h8,15H,4-7,14H2,1-3H3. The lowest BCUT2D eigenvalue weighted by Crippen LogP contribution is -2.29. The Bertz CT molecular complexity index is 405. The van der Waals surface area contributed by atoms with Gasteiger partial charge < -0.3 is 11.1 Å². The summed E-state index contributed by atoms with van der Waals surface area (Å²) in [7, 11) is 0. The van der Waals surface area contributed by atoms with Crippen molar-refractivity contribution in [2.24, 2.45) is 11.1 Å². The van der Waals surface area contributed by atoms with Gasteiger partial charge in [0.05, 0.1) is 16.2 Å². The van der Waals surface area contributed by atoms with E-state index in [-0.39, 0.29) is 5.41 Å². The summed E-state index contributed by atoms with van der Waals surface area (Å²) >= 11 is 3.66. The number of nitrogens with zero attached hydrogens (tertiary/aromatic N) is 2. The van der Waals surface area contributed by atoms with E-state index in [0.29, 0.717) is 12.6 Å². The van der Waals surface area contributed by atoms with E-state index in [1.165, 1.54) is 0 Å². The summed E-state index contributed by atoms with van der Waals surface area (Å²) in [6.45, 7) is 8.31. The molecule has 0 aliphatic carbocycles. The Kier molecular flexibility index (Phi) is 3.50. The Balaban J connectivity index is 2.34. The molecule has 4 nitrogen and oxygen atoms in total. The van der Waals surface area contributed by atoms with Gasteiger partial charge in [0, 0.05) is 13.1 Å². The smallest absolute Gasteiger partial charge is 0.139 e. The molecule has 0 spiro atoms. The number of anilines is 1. The van der Waals surface area contributed by atoms with Gasteiger partial charge in [0.25, 0.3) is 0 Å². The van der Waals surface area contributed by atoms with Gasteiger partial charge in [-0.25, -0.2) is 4.68 Å². The molecule has 5 heteroatoms. The number of fused-ring (bicyclic) bond motifs is 1. The molecule has 0 radical (unpaired) electrons. The minimum Gasteiger partial charge on any atom is -0.369 e. The average molecular weight is 301 g/mol. The summed E-state index contributed by atoms with van der Waals surface area (Å²) in [5.41, 5.74) is 7.17. The maximum Gasteiger partial charge on any atom is 0.139 e. The van der Waals surface area contributed by atoms with Crippen LogP contribution in [0.5, 0.6) is 0 Å². The molecule has 1 unspecified atom stereocenters. The zero-order chi connectivity index (χ0) is 12.6. The highest BCUT2D eigenvalue weighted by atomic mass is 79.9. The van der Waals surface area contributed by atoms with Crippen LogP contribution in [0.1, 0.15) is 38.9 Å². The monoisotopic (exact) mass is 300 g/mol. The average Bonchev–Trinajstić information content (AvgIpc) is 2.54. The number of nitrogens with one attached hydrogen (secondary N) is 1. The van der Waals surface area contributed by atoms with Crippen molar-refractivity contribution in [3.8, 4) is 0 Å². The van der Waals surface area contributed by atoms with Crippen LogP contribution in [0, 0.1) is 5.41 Å². The molecule has 0 aromatic carbocycles. The maximum absolute atomic E-state index is 5.80. The number of nitrogens with two attached hydrogens (primary N) is 1. The van der Waals surface area contributed by atoms with Crippen molar-refractivity contribution in [2.75, 3.05) is 18.4 Å². The highest BCUT2D eigenvalue weighted by Gasteiger charge is 2.26. The second-order valence-corrected chi connectivity index (χ2v) is 6.69. The molecule has 1 aromatic rings. The van der Waals surface area contributed by atoms with Gasteiger partial charge in [-0.1, -0.05) is 20.8 Å². The van der Waals surface area contributed by atoms with Crippen LogP contribution in [0.3, 0.4) is 0 Å². The van der Waals surface area contributed by atoms with Gasteiger partial charge in [-0.2, -0.15) is 5.10 Å². The molecule has 17 heavy (non-hydrogen) atoms. The van der Waals surface area contributed by atoms with E-state index in [4.69, 9.17) is 10.8 Å². The Morgan fingerprint density at radius 3 is 2.82 bits per heavy atom. The minimum atomic E-state index is 0.241. The fourth-order valence-electron chi connectivity index (χ4n) is 2.20. The van der Waals surface area contributed by atoms with Crippen LogP contribution in [0.25, 0.3) is 0 Å². The third-order valence-electron chi connectivity index (χ3n) is 3.00. The zero-order valence-electron chi connectivity index (χ0n) is 10.8. The van der Waals surface area contributed by atoms with Gasteiger partial charge in [0.1, 0.15) is 5.82 Å². The molecule has 0 fully saturated rings. The largest absolute Gasteiger partial charge is 0.369 e. The summed E-state index contributed by atoms with van der Waals surface area (Å²) in [5, 5.41) is 8.11. The van der Waals surface area contributed by atoms with Gasteiger partial charge in [0.2, 0.25) is 0 Å². The molecule has 0 saturated heterocycles. The molecule has 1 aromatic heterocycles. The Hall–Kier alpha value is -0.550. The van der Waals surface area contributed by atoms with Crippen LogP contribution in [0.2, 0.25) is 0 Å². The Labute approximate surface area is 111 Å². The first kappa shape index (κ1) is 12.9. The fourth-order valence-corrected chi connectivity index (χ4v) is 2.74. The van der Waals surface area contributed by atoms with Crippen molar-refractivity contribution in [2.45, 2.75) is 39.7 Å². The van der Waals surface area contributed by atoms with Gasteiger partial charge in [-0.3, -0.25) is 0 Å². The predicted octanol–water partition coefficient (Wildman–Crippen LogP) is 2.55. The highest BCUT2D eigenvalue weighted by molar-refractivity contribution is 9.10. The summed E-state index contributed by atoms with van der Waals surface area (Å²) in [5.74, 6) is 1.09. The molecule has 2 rings (SSSR count). The first-order valence-electron chi connectivity index (χ1n) is 6.13. The number of hydrogen-bond donors (Lipinski definition) is 2. The van der Waals surface area contributed by atoms with Crippen LogP contribution < -0.4 is 11.1 Å². The van der Waals surface area contributed by atoms with E-state index < -0.39 is 0 Å². The fraction of sp³-hybridized carbons (Fsp3) is 0.750. The molecule has 0 saturated carbocycles. The van der Waals surface area contributed by atoms with E-state index in [2.05, 4.69) is 46.7 Å². The molecule has 0 bridgehead atoms. The Morgan fingerprint density at radius 2 is 2.24 bits per heavy atom. The van der Waals surface area contributed by atoms with Gasteiger partial charge >= 0.3 is 0 Å². The van der Waals surface area contributed by atoms with Crippen LogP contribution in [0.4, 0.5) is 5.82 Å². The van der Waals surface area contributed by atoms with Gasteiger partial charge in [-0.05, 0) is 34.2 Å². The number of hydrogen-bond acceptors (Lipinski definition) is 3. The van der Waals surface area contributed by atoms with E-state index in [1.807, 2.05) is 0 Å². The maximum atomic E-state index is 5.80. The van der Waals surface area contributed by atoms with Gasteiger partial charge in [-0.15, -0.1) is 0 Å². The lowest BCUT2D eigenvalue weighted by Gasteiger charge is -2.24. The van der Waals surface area contributed by atoms with Crippen molar-refractivity contribution in [3.63, 3.8) is 0 Å². The topological polar surface area (TPSA) is 55.9 Å². The van der Waals surface area contributed by atoms with E-state index in [1.54, 1.807) is 0 Å². The zero-order valence-corrected chi connectivity index (χ0v) is 12.3. The van der Waals surface area contributed by atoms with Crippen LogP contribution in [0.15, 0.2) is 4.47 Å². The summed E-state index contributed by atoms with van der Waals surface area (Å²) in [6.07, 6.45) is 2.01. The van der Waals surface area contributed by atoms with Gasteiger partial charge in [0.15, 0.2) is 0 Å². The van der Waals surface area contributed by atoms with Crippen molar-refractivity contribution in [1.82, 2.24) is 9.78 Å². The quantitative estimate of drug-likeness (QED) is 0.882. The molecular weight excluding hydrogens is 280 g/mol. The molecule has 2 heterocycles. The third kappa shape index (κ3) is 2.65. The van der Waals surface area contributed by atoms with Crippen molar-refractivity contribution < 1.29 is 0 Å². The SMILES string of the molecule is CC(C)(C)Cc1nn2c(c1Br)NCCC2CN. The highest BCUT2D eigenvalue weighted by Crippen LogP contribution is 2.35. The van der Waals surface area contributed by atoms with Crippen molar-refractivity contribution >= 4 is 21.7 Å². The van der Waals surface area contributed by atoms with E-state index in [9.17, 15) is 0 Å². The van der Waals surface area contributed by atoms with Crippen LogP contribution in [-0.2, 0) is 6.42 Å². The number of halogens is 1. The summed E-state index contributed by atoms with van der Waals surface area (Å²) < 4.78 is 3.15. The van der Waals surface area contributed by atoms with Crippen LogP contribution in [-0.4, -0.2) is 22.9 Å². The number of rotatable bonds is 2. The molecule has 0 amide bonds. The van der Waals surface area contributed by atoms with Crippen molar-refractivity contribution in [3.05, 3.63) is 10.2 Å². The van der Waals surface area contributed by atoms with Crippen LogP contribution >= 0.6 is 15.9 Å². The minimum absolute atomic E-state index is 0.241. The number of aromatic nitrogens is 2. The third-order valence-corrected chi connectivity index (χ3v) is 3.84. The molecule has 96 valence electrons. The molecule has 1 aliphatic rings. The first-order chi connectivity index (χ1) is 7.92. The van der Waals surface area contributed by atoms with Crippen molar-refractivity contribution in [1.29, 1.82) is 0 Å². The predicted molar refractivity (Wildman–Crippen MR) is 74.3 cm³/mol. The first-order valence-corrected chi connectivity index (χ1v) is 6.92. The summed E-state index contributed by atoms with van der Waals surface area (Å²) in [4.78, 5) is 0. The second-order valence-electron chi connectivity index (χ2n) is 5.90. The molecule has 1 atom stereocenters. The molecule has 3 N–H and O–H groups in total.